The standard InChI is InChI=1S/C27H32N4O3S/c1-3-31(25-12-5-4-6-13-25)35(33,34)26-14-8-10-23(20-26)27(32)28-24-11-7-9-22(19-24)21-30-17-15-29(2)16-18-30/h4-14,19-20H,3,15-18,21H2,1-2H3,(H,28,32). The minimum absolute atomic E-state index is 0.0830. The Morgan fingerprint density at radius 2 is 1.63 bits per heavy atom. The van der Waals surface area contributed by atoms with Gasteiger partial charge in [0.05, 0.1) is 10.6 Å². The predicted octanol–water partition coefficient (Wildman–Crippen LogP) is 3.90. The summed E-state index contributed by atoms with van der Waals surface area (Å²) in [7, 11) is -1.68. The molecule has 1 aliphatic rings. The normalized spacial score (nSPS) is 15.0. The first-order valence-electron chi connectivity index (χ1n) is 11.9. The van der Waals surface area contributed by atoms with Crippen molar-refractivity contribution in [2.24, 2.45) is 0 Å². The van der Waals surface area contributed by atoms with Crippen LogP contribution in [0, 0.1) is 0 Å². The summed E-state index contributed by atoms with van der Waals surface area (Å²) in [5.41, 5.74) is 2.70. The zero-order valence-electron chi connectivity index (χ0n) is 20.2. The van der Waals surface area contributed by atoms with Crippen LogP contribution in [0.3, 0.4) is 0 Å². The number of hydrogen-bond acceptors (Lipinski definition) is 5. The summed E-state index contributed by atoms with van der Waals surface area (Å²) in [5.74, 6) is -0.346. The molecule has 0 unspecified atom stereocenters. The van der Waals surface area contributed by atoms with E-state index in [0.29, 0.717) is 16.9 Å². The van der Waals surface area contributed by atoms with Crippen LogP contribution in [0.1, 0.15) is 22.8 Å². The maximum absolute atomic E-state index is 13.3. The molecule has 0 saturated carbocycles. The summed E-state index contributed by atoms with van der Waals surface area (Å²) in [6.07, 6.45) is 0. The summed E-state index contributed by atoms with van der Waals surface area (Å²) >= 11 is 0. The number of rotatable bonds is 8. The largest absolute Gasteiger partial charge is 0.322 e. The number of sulfonamides is 1. The minimum atomic E-state index is -3.82. The topological polar surface area (TPSA) is 73.0 Å². The van der Waals surface area contributed by atoms with Gasteiger partial charge in [0.15, 0.2) is 0 Å². The number of amides is 1. The number of likely N-dealkylation sites (N-methyl/N-ethyl adjacent to an activating group) is 1. The Bertz CT molecular complexity index is 1260. The molecular weight excluding hydrogens is 460 g/mol. The molecule has 0 spiro atoms. The zero-order chi connectivity index (χ0) is 24.8. The van der Waals surface area contributed by atoms with Crippen molar-refractivity contribution in [1.29, 1.82) is 0 Å². The zero-order valence-corrected chi connectivity index (χ0v) is 21.0. The molecule has 4 rings (SSSR count). The van der Waals surface area contributed by atoms with E-state index in [1.54, 1.807) is 43.3 Å². The van der Waals surface area contributed by atoms with E-state index < -0.39 is 10.0 Å². The third-order valence-electron chi connectivity index (χ3n) is 6.20. The van der Waals surface area contributed by atoms with Crippen molar-refractivity contribution in [2.75, 3.05) is 49.4 Å². The van der Waals surface area contributed by atoms with Crippen molar-refractivity contribution >= 4 is 27.3 Å². The van der Waals surface area contributed by atoms with E-state index in [2.05, 4.69) is 28.2 Å². The lowest BCUT2D eigenvalue weighted by molar-refractivity contribution is 0.102. The molecule has 1 amide bonds. The molecule has 0 radical (unpaired) electrons. The number of piperazine rings is 1. The first-order chi connectivity index (χ1) is 16.9. The smallest absolute Gasteiger partial charge is 0.264 e. The van der Waals surface area contributed by atoms with Crippen molar-refractivity contribution in [3.63, 3.8) is 0 Å². The van der Waals surface area contributed by atoms with Gasteiger partial charge in [-0.05, 0) is 62.0 Å². The Hall–Kier alpha value is -3.20. The number of nitrogens with zero attached hydrogens (tertiary/aromatic N) is 3. The third kappa shape index (κ3) is 6.08. The maximum atomic E-state index is 13.3. The third-order valence-corrected chi connectivity index (χ3v) is 8.10. The number of nitrogens with one attached hydrogen (secondary N) is 1. The fraction of sp³-hybridized carbons (Fsp3) is 0.296. The van der Waals surface area contributed by atoms with E-state index in [1.807, 2.05) is 24.3 Å². The average Bonchev–Trinajstić information content (AvgIpc) is 2.87. The summed E-state index contributed by atoms with van der Waals surface area (Å²) in [6.45, 7) is 7.04. The van der Waals surface area contributed by atoms with Crippen LogP contribution < -0.4 is 9.62 Å². The Labute approximate surface area is 208 Å². The number of anilines is 2. The van der Waals surface area contributed by atoms with Gasteiger partial charge in [0.25, 0.3) is 15.9 Å². The monoisotopic (exact) mass is 492 g/mol. The molecule has 1 aliphatic heterocycles. The molecule has 0 bridgehead atoms. The molecule has 0 aliphatic carbocycles. The van der Waals surface area contributed by atoms with E-state index >= 15 is 0 Å². The molecule has 3 aromatic carbocycles. The van der Waals surface area contributed by atoms with Crippen molar-refractivity contribution in [1.82, 2.24) is 9.80 Å². The minimum Gasteiger partial charge on any atom is -0.322 e. The molecule has 184 valence electrons. The second-order valence-corrected chi connectivity index (χ2v) is 10.6. The van der Waals surface area contributed by atoms with Crippen LogP contribution in [-0.4, -0.2) is 63.9 Å². The van der Waals surface area contributed by atoms with E-state index in [1.165, 1.54) is 16.4 Å². The number of benzene rings is 3. The Balaban J connectivity index is 1.48. The summed E-state index contributed by atoms with van der Waals surface area (Å²) < 4.78 is 28.0. The lowest BCUT2D eigenvalue weighted by atomic mass is 10.1. The molecule has 8 heteroatoms. The van der Waals surface area contributed by atoms with Crippen molar-refractivity contribution in [3.8, 4) is 0 Å². The second kappa shape index (κ2) is 11.0. The van der Waals surface area contributed by atoms with Crippen LogP contribution in [0.2, 0.25) is 0 Å². The van der Waals surface area contributed by atoms with Gasteiger partial charge in [-0.1, -0.05) is 36.4 Å². The van der Waals surface area contributed by atoms with Crippen molar-refractivity contribution in [2.45, 2.75) is 18.4 Å². The fourth-order valence-corrected chi connectivity index (χ4v) is 5.75. The first kappa shape index (κ1) is 24.9. The van der Waals surface area contributed by atoms with Crippen molar-refractivity contribution in [3.05, 3.63) is 90.0 Å². The van der Waals surface area contributed by atoms with E-state index in [9.17, 15) is 13.2 Å². The van der Waals surface area contributed by atoms with Crippen LogP contribution in [0.25, 0.3) is 0 Å². The molecule has 1 N–H and O–H groups in total. The van der Waals surface area contributed by atoms with Gasteiger partial charge < -0.3 is 10.2 Å². The second-order valence-electron chi connectivity index (χ2n) is 8.77. The number of para-hydroxylation sites is 1. The molecule has 1 heterocycles. The number of hydrogen-bond donors (Lipinski definition) is 1. The molecule has 7 nitrogen and oxygen atoms in total. The summed E-state index contributed by atoms with van der Waals surface area (Å²) in [5, 5.41) is 2.92. The van der Waals surface area contributed by atoms with Crippen LogP contribution in [0.5, 0.6) is 0 Å². The Kier molecular flexibility index (Phi) is 7.85. The molecular formula is C27H32N4O3S. The van der Waals surface area contributed by atoms with E-state index in [4.69, 9.17) is 0 Å². The van der Waals surface area contributed by atoms with Gasteiger partial charge in [-0.3, -0.25) is 14.0 Å². The van der Waals surface area contributed by atoms with Crippen LogP contribution >= 0.6 is 0 Å². The lowest BCUT2D eigenvalue weighted by Crippen LogP contribution is -2.43. The number of carbonyl (C=O) groups excluding carboxylic acids is 1. The lowest BCUT2D eigenvalue weighted by Gasteiger charge is -2.32. The van der Waals surface area contributed by atoms with Crippen LogP contribution in [0.15, 0.2) is 83.8 Å². The molecule has 0 atom stereocenters. The van der Waals surface area contributed by atoms with Crippen LogP contribution in [-0.2, 0) is 16.6 Å². The maximum Gasteiger partial charge on any atom is 0.264 e. The van der Waals surface area contributed by atoms with E-state index in [0.717, 1.165) is 38.3 Å². The molecule has 1 saturated heterocycles. The SMILES string of the molecule is CCN(c1ccccc1)S(=O)(=O)c1cccc(C(=O)Nc2cccc(CN3CCN(C)CC3)c2)c1. The summed E-state index contributed by atoms with van der Waals surface area (Å²) in [4.78, 5) is 17.8. The Morgan fingerprint density at radius 1 is 0.914 bits per heavy atom. The van der Waals surface area contributed by atoms with Gasteiger partial charge in [0.2, 0.25) is 0 Å². The Morgan fingerprint density at radius 3 is 2.34 bits per heavy atom. The molecule has 1 fully saturated rings. The molecule has 3 aromatic rings. The fourth-order valence-electron chi connectivity index (χ4n) is 4.23. The van der Waals surface area contributed by atoms with Gasteiger partial charge >= 0.3 is 0 Å². The highest BCUT2D eigenvalue weighted by molar-refractivity contribution is 7.92. The number of carbonyl (C=O) groups is 1. The van der Waals surface area contributed by atoms with Gasteiger partial charge in [0, 0.05) is 50.5 Å². The van der Waals surface area contributed by atoms with Gasteiger partial charge in [-0.25, -0.2) is 8.42 Å². The molecule has 35 heavy (non-hydrogen) atoms. The van der Waals surface area contributed by atoms with Gasteiger partial charge in [0.1, 0.15) is 0 Å². The highest BCUT2D eigenvalue weighted by Crippen LogP contribution is 2.24. The first-order valence-corrected chi connectivity index (χ1v) is 13.3. The highest BCUT2D eigenvalue weighted by Gasteiger charge is 2.24. The van der Waals surface area contributed by atoms with Crippen molar-refractivity contribution < 1.29 is 13.2 Å². The summed E-state index contributed by atoms with van der Waals surface area (Å²) in [6, 6.07) is 23.0. The van der Waals surface area contributed by atoms with Gasteiger partial charge in [-0.15, -0.1) is 0 Å². The van der Waals surface area contributed by atoms with Gasteiger partial charge in [-0.2, -0.15) is 0 Å². The van der Waals surface area contributed by atoms with E-state index in [-0.39, 0.29) is 17.3 Å². The quantitative estimate of drug-likeness (QED) is 0.516. The average molecular weight is 493 g/mol. The van der Waals surface area contributed by atoms with Crippen LogP contribution in [0.4, 0.5) is 11.4 Å². The molecule has 0 aromatic heterocycles. The predicted molar refractivity (Wildman–Crippen MR) is 140 cm³/mol. The highest BCUT2D eigenvalue weighted by atomic mass is 32.2.